The van der Waals surface area contributed by atoms with Crippen LogP contribution >= 0.6 is 0 Å². The van der Waals surface area contributed by atoms with Gasteiger partial charge in [-0.2, -0.15) is 0 Å². The van der Waals surface area contributed by atoms with Crippen LogP contribution in [-0.2, 0) is 12.8 Å². The van der Waals surface area contributed by atoms with Crippen molar-refractivity contribution in [3.8, 4) is 5.75 Å². The van der Waals surface area contributed by atoms with Gasteiger partial charge in [-0.25, -0.2) is 0 Å². The van der Waals surface area contributed by atoms with Gasteiger partial charge in [-0.15, -0.1) is 0 Å². The Kier molecular flexibility index (Phi) is 6.27. The van der Waals surface area contributed by atoms with Gasteiger partial charge >= 0.3 is 0 Å². The van der Waals surface area contributed by atoms with Gasteiger partial charge in [0.15, 0.2) is 0 Å². The molecule has 0 heterocycles. The van der Waals surface area contributed by atoms with Crippen LogP contribution in [0.1, 0.15) is 35.6 Å². The fourth-order valence-electron chi connectivity index (χ4n) is 3.56. The van der Waals surface area contributed by atoms with Gasteiger partial charge in [-0.1, -0.05) is 42.5 Å². The highest BCUT2D eigenvalue weighted by molar-refractivity contribution is 5.33. The van der Waals surface area contributed by atoms with Crippen LogP contribution in [0.25, 0.3) is 0 Å². The first kappa shape index (κ1) is 17.0. The van der Waals surface area contributed by atoms with Crippen molar-refractivity contribution < 1.29 is 4.74 Å². The van der Waals surface area contributed by atoms with Gasteiger partial charge in [0.2, 0.25) is 0 Å². The lowest BCUT2D eigenvalue weighted by molar-refractivity contribution is 0.409. The molecule has 0 radical (unpaired) electrons. The summed E-state index contributed by atoms with van der Waals surface area (Å²) in [6.07, 6.45) is 4.76. The third kappa shape index (κ3) is 4.37. The predicted octanol–water partition coefficient (Wildman–Crippen LogP) is 3.49. The van der Waals surface area contributed by atoms with E-state index in [0.29, 0.717) is 6.04 Å². The lowest BCUT2D eigenvalue weighted by Gasteiger charge is -2.26. The third-order valence-corrected chi connectivity index (χ3v) is 4.83. The molecular formula is C21H28N2O. The molecular weight excluding hydrogens is 296 g/mol. The Hall–Kier alpha value is -1.84. The Morgan fingerprint density at radius 1 is 1.00 bits per heavy atom. The number of hydrogen-bond donors (Lipinski definition) is 2. The van der Waals surface area contributed by atoms with Gasteiger partial charge in [-0.3, -0.25) is 0 Å². The molecule has 0 fully saturated rings. The number of benzene rings is 2. The second kappa shape index (κ2) is 8.86. The summed E-state index contributed by atoms with van der Waals surface area (Å²) in [7, 11) is 1.73. The lowest BCUT2D eigenvalue weighted by atomic mass is 9.88. The number of rotatable bonds is 8. The molecule has 0 saturated heterocycles. The van der Waals surface area contributed by atoms with E-state index < -0.39 is 0 Å². The van der Waals surface area contributed by atoms with E-state index in [9.17, 15) is 0 Å². The molecule has 3 rings (SSSR count). The molecule has 128 valence electrons. The number of methoxy groups -OCH3 is 1. The first-order chi connectivity index (χ1) is 11.9. The molecule has 1 unspecified atom stereocenters. The molecule has 0 saturated carbocycles. The quantitative estimate of drug-likeness (QED) is 0.729. The summed E-state index contributed by atoms with van der Waals surface area (Å²) in [5, 5.41) is 7.24. The molecule has 0 spiro atoms. The minimum Gasteiger partial charge on any atom is -0.496 e. The zero-order chi connectivity index (χ0) is 16.6. The fraction of sp³-hybridized carbons (Fsp3) is 0.429. The number of nitrogens with one attached hydrogen (secondary N) is 2. The van der Waals surface area contributed by atoms with Crippen LogP contribution in [0.4, 0.5) is 0 Å². The monoisotopic (exact) mass is 324 g/mol. The van der Waals surface area contributed by atoms with Crippen LogP contribution in [-0.4, -0.2) is 26.7 Å². The average molecular weight is 324 g/mol. The Balaban J connectivity index is 1.38. The third-order valence-electron chi connectivity index (χ3n) is 4.83. The second-order valence-corrected chi connectivity index (χ2v) is 6.41. The van der Waals surface area contributed by atoms with E-state index >= 15 is 0 Å². The zero-order valence-electron chi connectivity index (χ0n) is 14.6. The highest BCUT2D eigenvalue weighted by Gasteiger charge is 2.18. The Morgan fingerprint density at radius 3 is 2.75 bits per heavy atom. The summed E-state index contributed by atoms with van der Waals surface area (Å²) in [6, 6.07) is 17.6. The number of para-hydroxylation sites is 1. The lowest BCUT2D eigenvalue weighted by Crippen LogP contribution is -2.32. The van der Waals surface area contributed by atoms with Crippen molar-refractivity contribution in [2.45, 2.75) is 31.7 Å². The summed E-state index contributed by atoms with van der Waals surface area (Å²) >= 11 is 0. The minimum atomic E-state index is 0.519. The fourth-order valence-corrected chi connectivity index (χ4v) is 3.56. The molecule has 0 aromatic heterocycles. The van der Waals surface area contributed by atoms with Gasteiger partial charge in [0.05, 0.1) is 7.11 Å². The molecule has 0 aliphatic heterocycles. The number of fused-ring (bicyclic) bond motifs is 1. The molecule has 2 aromatic carbocycles. The average Bonchev–Trinajstić information content (AvgIpc) is 2.65. The van der Waals surface area contributed by atoms with E-state index in [1.165, 1.54) is 36.0 Å². The Morgan fingerprint density at radius 2 is 1.83 bits per heavy atom. The minimum absolute atomic E-state index is 0.519. The number of hydrogen-bond acceptors (Lipinski definition) is 3. The first-order valence-corrected chi connectivity index (χ1v) is 9.02. The van der Waals surface area contributed by atoms with Crippen LogP contribution in [0.3, 0.4) is 0 Å². The van der Waals surface area contributed by atoms with Crippen molar-refractivity contribution in [3.05, 3.63) is 65.2 Å². The number of aryl methyl sites for hydroxylation is 1. The summed E-state index contributed by atoms with van der Waals surface area (Å²) in [5.41, 5.74) is 4.28. The highest BCUT2D eigenvalue weighted by Crippen LogP contribution is 2.29. The number of ether oxygens (including phenoxy) is 1. The van der Waals surface area contributed by atoms with Crippen molar-refractivity contribution in [1.29, 1.82) is 0 Å². The molecule has 1 aliphatic rings. The molecule has 0 bridgehead atoms. The molecule has 24 heavy (non-hydrogen) atoms. The molecule has 1 atom stereocenters. The second-order valence-electron chi connectivity index (χ2n) is 6.41. The molecule has 3 nitrogen and oxygen atoms in total. The van der Waals surface area contributed by atoms with E-state index in [0.717, 1.165) is 31.8 Å². The van der Waals surface area contributed by atoms with Crippen LogP contribution in [0.2, 0.25) is 0 Å². The van der Waals surface area contributed by atoms with Gasteiger partial charge in [0.1, 0.15) is 5.75 Å². The summed E-state index contributed by atoms with van der Waals surface area (Å²) < 4.78 is 5.40. The largest absolute Gasteiger partial charge is 0.496 e. The maximum Gasteiger partial charge on any atom is 0.122 e. The first-order valence-electron chi connectivity index (χ1n) is 9.02. The van der Waals surface area contributed by atoms with Crippen molar-refractivity contribution >= 4 is 0 Å². The van der Waals surface area contributed by atoms with E-state index in [-0.39, 0.29) is 0 Å². The molecule has 1 aliphatic carbocycles. The topological polar surface area (TPSA) is 33.3 Å². The molecule has 2 N–H and O–H groups in total. The van der Waals surface area contributed by atoms with E-state index in [1.54, 1.807) is 7.11 Å². The van der Waals surface area contributed by atoms with E-state index in [1.807, 2.05) is 12.1 Å². The van der Waals surface area contributed by atoms with Crippen LogP contribution < -0.4 is 15.4 Å². The van der Waals surface area contributed by atoms with Gasteiger partial charge < -0.3 is 15.4 Å². The van der Waals surface area contributed by atoms with Crippen molar-refractivity contribution in [2.75, 3.05) is 26.7 Å². The van der Waals surface area contributed by atoms with Crippen molar-refractivity contribution in [1.82, 2.24) is 10.6 Å². The van der Waals surface area contributed by atoms with E-state index in [2.05, 4.69) is 47.0 Å². The maximum absolute atomic E-state index is 5.40. The summed E-state index contributed by atoms with van der Waals surface area (Å²) in [5.74, 6) is 0.983. The van der Waals surface area contributed by atoms with Crippen LogP contribution in [0.5, 0.6) is 5.75 Å². The van der Waals surface area contributed by atoms with Gasteiger partial charge in [-0.05, 0) is 55.0 Å². The highest BCUT2D eigenvalue weighted by atomic mass is 16.5. The SMILES string of the molecule is COc1ccccc1CCNCCNC1CCCc2ccccc21. The van der Waals surface area contributed by atoms with Crippen molar-refractivity contribution in [3.63, 3.8) is 0 Å². The van der Waals surface area contributed by atoms with Gasteiger partial charge in [0.25, 0.3) is 0 Å². The zero-order valence-corrected chi connectivity index (χ0v) is 14.6. The van der Waals surface area contributed by atoms with Crippen molar-refractivity contribution in [2.24, 2.45) is 0 Å². The normalized spacial score (nSPS) is 16.6. The Labute approximate surface area is 145 Å². The van der Waals surface area contributed by atoms with Crippen LogP contribution in [0, 0.1) is 0 Å². The smallest absolute Gasteiger partial charge is 0.122 e. The van der Waals surface area contributed by atoms with E-state index in [4.69, 9.17) is 4.74 Å². The van der Waals surface area contributed by atoms with Crippen LogP contribution in [0.15, 0.2) is 48.5 Å². The Bertz CT molecular complexity index is 641. The molecule has 2 aromatic rings. The standard InChI is InChI=1S/C21H28N2O/c1-24-21-12-5-3-8-18(21)13-14-22-15-16-23-20-11-6-9-17-7-2-4-10-19(17)20/h2-5,7-8,10,12,20,22-23H,6,9,11,13-16H2,1H3. The van der Waals surface area contributed by atoms with Gasteiger partial charge in [0, 0.05) is 19.1 Å². The summed E-state index contributed by atoms with van der Waals surface area (Å²) in [6.45, 7) is 2.97. The molecule has 0 amide bonds. The maximum atomic E-state index is 5.40. The molecule has 3 heteroatoms. The summed E-state index contributed by atoms with van der Waals surface area (Å²) in [4.78, 5) is 0. The predicted molar refractivity (Wildman–Crippen MR) is 99.7 cm³/mol.